The predicted octanol–water partition coefficient (Wildman–Crippen LogP) is 7.46. The maximum Gasteiger partial charge on any atom is 0.338 e. The highest BCUT2D eigenvalue weighted by Crippen LogP contribution is 2.37. The quantitative estimate of drug-likeness (QED) is 0.153. The lowest BCUT2D eigenvalue weighted by Crippen LogP contribution is -2.29. The highest BCUT2D eigenvalue weighted by atomic mass is 32.2. The van der Waals surface area contributed by atoms with Gasteiger partial charge in [-0.25, -0.2) is 13.9 Å². The van der Waals surface area contributed by atoms with E-state index in [4.69, 9.17) is 14.6 Å². The van der Waals surface area contributed by atoms with Crippen LogP contribution in [0.25, 0.3) is 0 Å². The maximum absolute atomic E-state index is 14.2. The molecular formula is C33H35FN4O3S. The molecule has 1 N–H and O–H groups in total. The van der Waals surface area contributed by atoms with E-state index in [1.807, 2.05) is 38.1 Å². The second-order valence-electron chi connectivity index (χ2n) is 10.5. The first-order valence-electron chi connectivity index (χ1n) is 14.0. The zero-order valence-corrected chi connectivity index (χ0v) is 25.3. The third kappa shape index (κ3) is 6.36. The topological polar surface area (TPSA) is 78.3 Å². The molecule has 218 valence electrons. The van der Waals surface area contributed by atoms with Crippen LogP contribution in [0.5, 0.6) is 5.75 Å². The Bertz CT molecular complexity index is 1630. The smallest absolute Gasteiger partial charge is 0.338 e. The first kappa shape index (κ1) is 29.4. The number of aromatic nitrogens is 3. The summed E-state index contributed by atoms with van der Waals surface area (Å²) in [5, 5.41) is 8.43. The Hall–Kier alpha value is -4.11. The van der Waals surface area contributed by atoms with E-state index in [1.54, 1.807) is 22.9 Å². The summed E-state index contributed by atoms with van der Waals surface area (Å²) in [5.74, 6) is 0.940. The fourth-order valence-electron chi connectivity index (χ4n) is 4.88. The number of hydrogen-bond donors (Lipinski definition) is 1. The van der Waals surface area contributed by atoms with E-state index in [1.165, 1.54) is 34.5 Å². The standard InChI is InChI=1S/C33H35FN4O3S/c1-6-15-40-31(39)29-23(5)35-32-36-33(42-19-25-9-7-8-10-28(25)34)37-38(32)30(29)24-11-13-27(14-12-24)41-18-26-17-21(3)20(2)16-22(26)4/h7-14,16-17,30H,6,15,18-19H2,1-5H3,(H,35,36,37). The van der Waals surface area contributed by atoms with Crippen molar-refractivity contribution in [1.29, 1.82) is 0 Å². The number of esters is 1. The number of ether oxygens (including phenoxy) is 2. The van der Waals surface area contributed by atoms with E-state index in [0.29, 0.717) is 53.3 Å². The Labute approximate surface area is 250 Å². The van der Waals surface area contributed by atoms with E-state index in [9.17, 15) is 9.18 Å². The van der Waals surface area contributed by atoms with Crippen LogP contribution < -0.4 is 10.1 Å². The van der Waals surface area contributed by atoms with Crippen LogP contribution >= 0.6 is 11.8 Å². The predicted molar refractivity (Wildman–Crippen MR) is 163 cm³/mol. The van der Waals surface area contributed by atoms with Gasteiger partial charge in [0.2, 0.25) is 11.1 Å². The lowest BCUT2D eigenvalue weighted by Gasteiger charge is -2.28. The molecule has 0 bridgehead atoms. The minimum atomic E-state index is -0.558. The number of carbonyl (C=O) groups excluding carboxylic acids is 1. The van der Waals surface area contributed by atoms with Crippen molar-refractivity contribution < 1.29 is 18.7 Å². The molecule has 42 heavy (non-hydrogen) atoms. The van der Waals surface area contributed by atoms with Gasteiger partial charge < -0.3 is 14.8 Å². The molecule has 1 atom stereocenters. The zero-order valence-electron chi connectivity index (χ0n) is 24.5. The van der Waals surface area contributed by atoms with Gasteiger partial charge in [0.05, 0.1) is 12.2 Å². The lowest BCUT2D eigenvalue weighted by molar-refractivity contribution is -0.139. The summed E-state index contributed by atoms with van der Waals surface area (Å²) in [6.07, 6.45) is 0.716. The molecule has 0 spiro atoms. The van der Waals surface area contributed by atoms with Crippen molar-refractivity contribution in [2.75, 3.05) is 11.9 Å². The van der Waals surface area contributed by atoms with E-state index in [0.717, 1.165) is 16.9 Å². The molecule has 0 saturated heterocycles. The molecule has 0 aliphatic carbocycles. The number of allylic oxidation sites excluding steroid dienone is 1. The Morgan fingerprint density at radius 2 is 1.74 bits per heavy atom. The SMILES string of the molecule is CCCOC(=O)C1=C(C)Nc2nc(SCc3ccccc3F)nn2C1c1ccc(OCc2cc(C)c(C)cc2C)cc1. The number of nitrogens with one attached hydrogen (secondary N) is 1. The number of aryl methyl sites for hydroxylation is 3. The Morgan fingerprint density at radius 3 is 2.48 bits per heavy atom. The van der Waals surface area contributed by atoms with Gasteiger partial charge in [-0.05, 0) is 85.7 Å². The first-order valence-corrected chi connectivity index (χ1v) is 15.0. The van der Waals surface area contributed by atoms with Gasteiger partial charge in [-0.2, -0.15) is 4.98 Å². The number of benzene rings is 3. The molecule has 1 unspecified atom stereocenters. The fraction of sp³-hybridized carbons (Fsp3) is 0.303. The summed E-state index contributed by atoms with van der Waals surface area (Å²) in [4.78, 5) is 17.9. The third-order valence-corrected chi connectivity index (χ3v) is 8.23. The normalized spacial score (nSPS) is 14.4. The number of nitrogens with zero attached hydrogens (tertiary/aromatic N) is 3. The molecular weight excluding hydrogens is 551 g/mol. The molecule has 5 rings (SSSR count). The molecule has 0 radical (unpaired) electrons. The number of thioether (sulfide) groups is 1. The van der Waals surface area contributed by atoms with Gasteiger partial charge in [-0.15, -0.1) is 5.10 Å². The highest BCUT2D eigenvalue weighted by molar-refractivity contribution is 7.98. The molecule has 1 aliphatic heterocycles. The Kier molecular flexibility index (Phi) is 8.97. The van der Waals surface area contributed by atoms with E-state index in [-0.39, 0.29) is 5.82 Å². The number of carbonyl (C=O) groups is 1. The molecule has 3 aromatic carbocycles. The van der Waals surface area contributed by atoms with Gasteiger partial charge >= 0.3 is 5.97 Å². The van der Waals surface area contributed by atoms with Gasteiger partial charge in [0.15, 0.2) is 0 Å². The van der Waals surface area contributed by atoms with E-state index >= 15 is 0 Å². The minimum absolute atomic E-state index is 0.265. The number of fused-ring (bicyclic) bond motifs is 1. The lowest BCUT2D eigenvalue weighted by atomic mass is 9.95. The summed E-state index contributed by atoms with van der Waals surface area (Å²) in [7, 11) is 0. The Balaban J connectivity index is 1.41. The van der Waals surface area contributed by atoms with Crippen LogP contribution in [0.15, 0.2) is 77.1 Å². The molecule has 9 heteroatoms. The highest BCUT2D eigenvalue weighted by Gasteiger charge is 2.35. The van der Waals surface area contributed by atoms with Gasteiger partial charge in [0.25, 0.3) is 0 Å². The summed E-state index contributed by atoms with van der Waals surface area (Å²) < 4.78 is 27.6. The van der Waals surface area contributed by atoms with Gasteiger partial charge in [-0.3, -0.25) is 0 Å². The van der Waals surface area contributed by atoms with Crippen LogP contribution in [-0.4, -0.2) is 27.3 Å². The average molecular weight is 587 g/mol. The largest absolute Gasteiger partial charge is 0.489 e. The molecule has 4 aromatic rings. The van der Waals surface area contributed by atoms with Crippen LogP contribution in [0.2, 0.25) is 0 Å². The second-order valence-corrected chi connectivity index (χ2v) is 11.4. The van der Waals surface area contributed by atoms with Crippen molar-refractivity contribution in [1.82, 2.24) is 14.8 Å². The molecule has 0 fully saturated rings. The summed E-state index contributed by atoms with van der Waals surface area (Å²) in [6.45, 7) is 10.9. The van der Waals surface area contributed by atoms with Gasteiger partial charge in [0.1, 0.15) is 24.2 Å². The minimum Gasteiger partial charge on any atom is -0.489 e. The zero-order chi connectivity index (χ0) is 29.8. The second kappa shape index (κ2) is 12.8. The number of halogens is 1. The molecule has 0 saturated carbocycles. The molecule has 0 amide bonds. The molecule has 1 aliphatic rings. The number of anilines is 1. The Morgan fingerprint density at radius 1 is 1.00 bits per heavy atom. The average Bonchev–Trinajstić information content (AvgIpc) is 3.38. The van der Waals surface area contributed by atoms with Crippen LogP contribution in [0, 0.1) is 26.6 Å². The summed E-state index contributed by atoms with van der Waals surface area (Å²) in [6, 6.07) is 18.1. The van der Waals surface area contributed by atoms with E-state index in [2.05, 4.69) is 43.2 Å². The fourth-order valence-corrected chi connectivity index (χ4v) is 5.69. The summed E-state index contributed by atoms with van der Waals surface area (Å²) in [5.41, 5.74) is 7.37. The monoisotopic (exact) mass is 586 g/mol. The third-order valence-electron chi connectivity index (χ3n) is 7.35. The van der Waals surface area contributed by atoms with Crippen molar-refractivity contribution >= 4 is 23.7 Å². The van der Waals surface area contributed by atoms with Crippen LogP contribution in [0.1, 0.15) is 59.7 Å². The number of hydrogen-bond acceptors (Lipinski definition) is 7. The van der Waals surface area contributed by atoms with Crippen molar-refractivity contribution in [2.24, 2.45) is 0 Å². The van der Waals surface area contributed by atoms with Crippen LogP contribution in [-0.2, 0) is 21.9 Å². The van der Waals surface area contributed by atoms with Crippen LogP contribution in [0.3, 0.4) is 0 Å². The molecule has 1 aromatic heterocycles. The first-order chi connectivity index (χ1) is 20.2. The van der Waals surface area contributed by atoms with Gasteiger partial charge in [-0.1, -0.05) is 61.2 Å². The summed E-state index contributed by atoms with van der Waals surface area (Å²) >= 11 is 1.34. The van der Waals surface area contributed by atoms with Crippen molar-refractivity contribution in [2.45, 2.75) is 64.6 Å². The van der Waals surface area contributed by atoms with Crippen molar-refractivity contribution in [3.63, 3.8) is 0 Å². The number of rotatable bonds is 10. The van der Waals surface area contributed by atoms with Crippen molar-refractivity contribution in [3.05, 3.63) is 111 Å². The van der Waals surface area contributed by atoms with Crippen molar-refractivity contribution in [3.8, 4) is 5.75 Å². The maximum atomic E-state index is 14.2. The molecule has 7 nitrogen and oxygen atoms in total. The molecule has 2 heterocycles. The van der Waals surface area contributed by atoms with E-state index < -0.39 is 12.0 Å². The van der Waals surface area contributed by atoms with Crippen LogP contribution in [0.4, 0.5) is 10.3 Å². The van der Waals surface area contributed by atoms with Gasteiger partial charge in [0, 0.05) is 11.4 Å².